The van der Waals surface area contributed by atoms with E-state index < -0.39 is 0 Å². The van der Waals surface area contributed by atoms with E-state index in [4.69, 9.17) is 9.40 Å². The van der Waals surface area contributed by atoms with Crippen LogP contribution in [0.1, 0.15) is 0 Å². The van der Waals surface area contributed by atoms with Crippen molar-refractivity contribution in [3.63, 3.8) is 0 Å². The lowest BCUT2D eigenvalue weighted by molar-refractivity contribution is 0.669. The van der Waals surface area contributed by atoms with Crippen LogP contribution in [0.5, 0.6) is 0 Å². The van der Waals surface area contributed by atoms with E-state index in [2.05, 4.69) is 199 Å². The first kappa shape index (κ1) is 34.6. The number of aromatic nitrogens is 2. The van der Waals surface area contributed by atoms with Gasteiger partial charge in [-0.25, -0.2) is 4.98 Å². The van der Waals surface area contributed by atoms with E-state index in [0.29, 0.717) is 0 Å². The molecule has 4 heterocycles. The minimum absolute atomic E-state index is 0.915. The monoisotopic (exact) mass is 818 g/mol. The van der Waals surface area contributed by atoms with Crippen LogP contribution in [0, 0.1) is 0 Å². The fourth-order valence-corrected chi connectivity index (χ4v) is 11.4. The number of nitrogens with zero attached hydrogens (tertiary/aromatic N) is 2. The Kier molecular flexibility index (Phi) is 7.27. The van der Waals surface area contributed by atoms with Crippen molar-refractivity contribution in [3.8, 4) is 44.6 Å². The first-order valence-electron chi connectivity index (χ1n) is 21.4. The minimum atomic E-state index is 0.915. The maximum Gasteiger partial charge on any atom is 0.156 e. The number of rotatable bonds is 4. The highest BCUT2D eigenvalue weighted by Crippen LogP contribution is 2.44. The van der Waals surface area contributed by atoms with E-state index in [0.717, 1.165) is 49.9 Å². The molecule has 14 aromatic rings. The number of furan rings is 1. The maximum absolute atomic E-state index is 6.10. The Labute approximate surface area is 365 Å². The number of thiophene rings is 1. The van der Waals surface area contributed by atoms with Crippen molar-refractivity contribution in [1.29, 1.82) is 0 Å². The van der Waals surface area contributed by atoms with Gasteiger partial charge in [-0.2, -0.15) is 0 Å². The van der Waals surface area contributed by atoms with Crippen LogP contribution in [0.25, 0.3) is 136 Å². The van der Waals surface area contributed by atoms with Gasteiger partial charge in [-0.05, 0) is 108 Å². The molecule has 0 radical (unpaired) electrons. The van der Waals surface area contributed by atoms with Crippen LogP contribution in [-0.2, 0) is 0 Å². The number of pyridine rings is 1. The van der Waals surface area contributed by atoms with Crippen molar-refractivity contribution in [1.82, 2.24) is 9.38 Å². The van der Waals surface area contributed by atoms with Gasteiger partial charge in [-0.3, -0.25) is 4.40 Å². The van der Waals surface area contributed by atoms with Crippen molar-refractivity contribution in [2.45, 2.75) is 0 Å². The van der Waals surface area contributed by atoms with Crippen LogP contribution < -0.4 is 0 Å². The lowest BCUT2D eigenvalue weighted by atomic mass is 9.91. The Morgan fingerprint density at radius 2 is 0.952 bits per heavy atom. The summed E-state index contributed by atoms with van der Waals surface area (Å²) >= 11 is 1.86. The Morgan fingerprint density at radius 3 is 1.70 bits per heavy atom. The van der Waals surface area contributed by atoms with Gasteiger partial charge >= 0.3 is 0 Å². The van der Waals surface area contributed by atoms with Crippen LogP contribution in [0.2, 0.25) is 0 Å². The highest BCUT2D eigenvalue weighted by Gasteiger charge is 2.20. The second-order valence-corrected chi connectivity index (χ2v) is 17.7. The molecule has 0 saturated carbocycles. The Balaban J connectivity index is 0.877. The average Bonchev–Trinajstić information content (AvgIpc) is 4.04. The predicted octanol–water partition coefficient (Wildman–Crippen LogP) is 16.9. The molecule has 3 nitrogen and oxygen atoms in total. The Hall–Kier alpha value is -8.05. The molecule has 0 aliphatic carbocycles. The number of hydrogen-bond donors (Lipinski definition) is 0. The normalized spacial score (nSPS) is 12.1. The van der Waals surface area contributed by atoms with E-state index in [1.165, 1.54) is 85.9 Å². The fourth-order valence-electron chi connectivity index (χ4n) is 10.1. The zero-order valence-corrected chi connectivity index (χ0v) is 34.7. The highest BCUT2D eigenvalue weighted by atomic mass is 32.1. The topological polar surface area (TPSA) is 30.4 Å². The summed E-state index contributed by atoms with van der Waals surface area (Å²) in [6.45, 7) is 0. The maximum atomic E-state index is 6.10. The molecule has 292 valence electrons. The second kappa shape index (κ2) is 13.2. The molecule has 0 fully saturated rings. The minimum Gasteiger partial charge on any atom is -0.456 e. The van der Waals surface area contributed by atoms with Crippen molar-refractivity contribution in [3.05, 3.63) is 206 Å². The van der Waals surface area contributed by atoms with Gasteiger partial charge < -0.3 is 4.42 Å². The van der Waals surface area contributed by atoms with Gasteiger partial charge in [-0.15, -0.1) is 11.3 Å². The molecule has 14 rings (SSSR count). The van der Waals surface area contributed by atoms with E-state index in [9.17, 15) is 0 Å². The Morgan fingerprint density at radius 1 is 0.365 bits per heavy atom. The summed E-state index contributed by atoms with van der Waals surface area (Å²) in [6, 6.07) is 75.1. The molecular formula is C59H34N2OS. The lowest BCUT2D eigenvalue weighted by Gasteiger charge is -2.14. The fraction of sp³-hybridized carbons (Fsp3) is 0. The molecule has 0 aliphatic heterocycles. The van der Waals surface area contributed by atoms with Crippen LogP contribution in [0.15, 0.2) is 211 Å². The molecule has 0 N–H and O–H groups in total. The van der Waals surface area contributed by atoms with Crippen LogP contribution in [0.3, 0.4) is 0 Å². The third-order valence-electron chi connectivity index (χ3n) is 13.2. The predicted molar refractivity (Wildman–Crippen MR) is 267 cm³/mol. The van der Waals surface area contributed by atoms with Crippen LogP contribution in [0.4, 0.5) is 0 Å². The molecule has 4 heteroatoms. The molecule has 10 aromatic carbocycles. The number of para-hydroxylation sites is 1. The standard InChI is InChI=1S/C59H34N2OS/c1-2-11-41-33-54-52(32-40(41)10-1)60-59-58-51(49-27-25-36-9-3-4-12-45(36)57(49)63-58)34-53(61(54)59)39-23-21-38(22-24-39)44-29-28-43(46-13-5-6-14-47(44)46)37-19-17-35(18-20-37)42-26-30-56-50(31-42)48-15-7-8-16-55(48)62-56/h1-34H. The van der Waals surface area contributed by atoms with E-state index in [-0.39, 0.29) is 0 Å². The zero-order valence-electron chi connectivity index (χ0n) is 33.8. The quantitative estimate of drug-likeness (QED) is 0.177. The van der Waals surface area contributed by atoms with Gasteiger partial charge in [0, 0.05) is 26.2 Å². The molecule has 0 spiro atoms. The second-order valence-electron chi connectivity index (χ2n) is 16.7. The van der Waals surface area contributed by atoms with E-state index in [1.807, 2.05) is 23.5 Å². The summed E-state index contributed by atoms with van der Waals surface area (Å²) in [6.07, 6.45) is 0. The Bertz CT molecular complexity index is 4190. The van der Waals surface area contributed by atoms with Crippen molar-refractivity contribution in [2.75, 3.05) is 0 Å². The molecule has 0 amide bonds. The van der Waals surface area contributed by atoms with E-state index >= 15 is 0 Å². The van der Waals surface area contributed by atoms with Crippen LogP contribution in [-0.4, -0.2) is 9.38 Å². The third kappa shape index (κ3) is 5.22. The number of imidazole rings is 1. The summed E-state index contributed by atoms with van der Waals surface area (Å²) in [5.74, 6) is 0. The van der Waals surface area contributed by atoms with Gasteiger partial charge in [0.15, 0.2) is 5.65 Å². The molecule has 0 saturated heterocycles. The number of benzene rings is 10. The summed E-state index contributed by atoms with van der Waals surface area (Å²) in [5.41, 5.74) is 14.4. The molecule has 4 aromatic heterocycles. The first-order valence-corrected chi connectivity index (χ1v) is 22.2. The van der Waals surface area contributed by atoms with Gasteiger partial charge in [0.25, 0.3) is 0 Å². The highest BCUT2D eigenvalue weighted by molar-refractivity contribution is 7.27. The summed E-state index contributed by atoms with van der Waals surface area (Å²) in [7, 11) is 0. The first-order chi connectivity index (χ1) is 31.2. The van der Waals surface area contributed by atoms with Crippen molar-refractivity contribution in [2.24, 2.45) is 0 Å². The molecule has 0 unspecified atom stereocenters. The molecule has 0 atom stereocenters. The molecule has 0 bridgehead atoms. The number of hydrogen-bond acceptors (Lipinski definition) is 3. The van der Waals surface area contributed by atoms with E-state index in [1.54, 1.807) is 0 Å². The van der Waals surface area contributed by atoms with Crippen LogP contribution >= 0.6 is 11.3 Å². The zero-order chi connectivity index (χ0) is 41.2. The lowest BCUT2D eigenvalue weighted by Crippen LogP contribution is -1.93. The van der Waals surface area contributed by atoms with Gasteiger partial charge in [0.05, 0.1) is 21.4 Å². The molecular weight excluding hydrogens is 785 g/mol. The average molecular weight is 819 g/mol. The largest absolute Gasteiger partial charge is 0.456 e. The molecule has 63 heavy (non-hydrogen) atoms. The smallest absolute Gasteiger partial charge is 0.156 e. The van der Waals surface area contributed by atoms with Gasteiger partial charge in [0.2, 0.25) is 0 Å². The van der Waals surface area contributed by atoms with Gasteiger partial charge in [-0.1, -0.05) is 170 Å². The number of fused-ring (bicyclic) bond motifs is 14. The SMILES string of the molecule is c1ccc2cc3c(cc2c1)nc1c2sc4c5ccccc5ccc4c2cc(-c2ccc(-c4ccc(-c5ccc(-c6ccc7oc8ccccc8c7c6)cc5)c5ccccc45)cc2)n31. The summed E-state index contributed by atoms with van der Waals surface area (Å²) in [5, 5.41) is 12.2. The van der Waals surface area contributed by atoms with Gasteiger partial charge in [0.1, 0.15) is 11.2 Å². The third-order valence-corrected chi connectivity index (χ3v) is 14.4. The van der Waals surface area contributed by atoms with Crippen molar-refractivity contribution >= 4 is 102 Å². The molecule has 0 aliphatic rings. The summed E-state index contributed by atoms with van der Waals surface area (Å²) < 4.78 is 11.0. The van der Waals surface area contributed by atoms with Crippen molar-refractivity contribution < 1.29 is 4.42 Å². The summed E-state index contributed by atoms with van der Waals surface area (Å²) in [4.78, 5) is 5.40.